The van der Waals surface area contributed by atoms with Gasteiger partial charge in [0.2, 0.25) is 5.95 Å². The first-order chi connectivity index (χ1) is 18.6. The number of nitrogens with zero attached hydrogens (tertiary/aromatic N) is 4. The van der Waals surface area contributed by atoms with Gasteiger partial charge in [-0.15, -0.1) is 0 Å². The molecule has 39 heavy (non-hydrogen) atoms. The first-order valence-corrected chi connectivity index (χ1v) is 12.9. The molecule has 1 fully saturated rings. The zero-order valence-electron chi connectivity index (χ0n) is 21.9. The predicted octanol–water partition coefficient (Wildman–Crippen LogP) is 6.29. The lowest BCUT2D eigenvalue weighted by atomic mass is 10.0. The molecule has 7 nitrogen and oxygen atoms in total. The van der Waals surface area contributed by atoms with Gasteiger partial charge in [-0.2, -0.15) is 18.2 Å². The Morgan fingerprint density at radius 3 is 2.56 bits per heavy atom. The van der Waals surface area contributed by atoms with Gasteiger partial charge in [0.15, 0.2) is 0 Å². The minimum absolute atomic E-state index is 0.0523. The number of hydrogen-bond donors (Lipinski definition) is 2. The molecule has 2 N–H and O–H groups in total. The molecule has 1 unspecified atom stereocenters. The molecule has 208 valence electrons. The molecule has 1 atom stereocenters. The van der Waals surface area contributed by atoms with Gasteiger partial charge in [-0.3, -0.25) is 4.79 Å². The molecule has 1 aromatic heterocycles. The van der Waals surface area contributed by atoms with Crippen LogP contribution in [0.4, 0.5) is 40.7 Å². The van der Waals surface area contributed by atoms with E-state index in [1.807, 2.05) is 4.90 Å². The Bertz CT molecular complexity index is 1270. The number of benzene rings is 2. The number of amides is 1. The Kier molecular flexibility index (Phi) is 9.01. The Morgan fingerprint density at radius 1 is 1.10 bits per heavy atom. The van der Waals surface area contributed by atoms with Crippen molar-refractivity contribution in [2.75, 3.05) is 37.3 Å². The summed E-state index contributed by atoms with van der Waals surface area (Å²) in [6, 6.07) is 13.3. The van der Waals surface area contributed by atoms with Crippen LogP contribution in [0.2, 0.25) is 0 Å². The Labute approximate surface area is 225 Å². The van der Waals surface area contributed by atoms with E-state index in [9.17, 15) is 22.4 Å². The number of likely N-dealkylation sites (N-methyl/N-ethyl adjacent to an activating group) is 1. The quantitative estimate of drug-likeness (QED) is 0.309. The second-order valence-corrected chi connectivity index (χ2v) is 9.79. The molecule has 1 aliphatic heterocycles. The van der Waals surface area contributed by atoms with Crippen molar-refractivity contribution >= 4 is 29.0 Å². The molecule has 4 rings (SSSR count). The second-order valence-electron chi connectivity index (χ2n) is 9.79. The highest BCUT2D eigenvalue weighted by atomic mass is 19.4. The van der Waals surface area contributed by atoms with E-state index in [-0.39, 0.29) is 24.2 Å². The number of hydrogen-bond acceptors (Lipinski definition) is 6. The number of aromatic nitrogens is 2. The molecule has 3 aromatic rings. The highest BCUT2D eigenvalue weighted by Gasteiger charge is 2.29. The van der Waals surface area contributed by atoms with Crippen molar-refractivity contribution in [3.8, 4) is 0 Å². The zero-order valence-corrected chi connectivity index (χ0v) is 21.9. The Balaban J connectivity index is 1.32. The van der Waals surface area contributed by atoms with Crippen LogP contribution >= 0.6 is 0 Å². The molecule has 1 saturated heterocycles. The summed E-state index contributed by atoms with van der Waals surface area (Å²) in [5, 5.41) is 6.24. The van der Waals surface area contributed by atoms with Gasteiger partial charge in [-0.25, -0.2) is 9.37 Å². The number of alkyl halides is 3. The summed E-state index contributed by atoms with van der Waals surface area (Å²) >= 11 is 0. The topological polar surface area (TPSA) is 73.4 Å². The molecule has 1 amide bonds. The van der Waals surface area contributed by atoms with E-state index in [0.717, 1.165) is 19.4 Å². The smallest absolute Gasteiger partial charge is 0.340 e. The van der Waals surface area contributed by atoms with E-state index < -0.39 is 12.6 Å². The third kappa shape index (κ3) is 8.13. The Hall–Kier alpha value is -3.73. The van der Waals surface area contributed by atoms with Gasteiger partial charge < -0.3 is 20.4 Å². The number of rotatable bonds is 9. The minimum atomic E-state index is -4.14. The summed E-state index contributed by atoms with van der Waals surface area (Å²) in [7, 11) is 1.74. The minimum Gasteiger partial charge on any atom is -0.340 e. The maximum absolute atomic E-state index is 13.5. The number of nitrogens with one attached hydrogen (secondary N) is 2. The molecule has 2 heterocycles. The van der Waals surface area contributed by atoms with E-state index in [4.69, 9.17) is 0 Å². The summed E-state index contributed by atoms with van der Waals surface area (Å²) in [5.74, 6) is 0.467. The normalized spacial score (nSPS) is 16.1. The fraction of sp³-hybridized carbons (Fsp3) is 0.393. The van der Waals surface area contributed by atoms with Crippen LogP contribution in [0.25, 0.3) is 0 Å². The third-order valence-electron chi connectivity index (χ3n) is 6.76. The lowest BCUT2D eigenvalue weighted by molar-refractivity contribution is -0.136. The van der Waals surface area contributed by atoms with Gasteiger partial charge in [0.05, 0.1) is 0 Å². The van der Waals surface area contributed by atoms with Crippen LogP contribution in [0.15, 0.2) is 54.7 Å². The monoisotopic (exact) mass is 544 g/mol. The number of aryl methyl sites for hydroxylation is 1. The van der Waals surface area contributed by atoms with Crippen LogP contribution < -0.4 is 10.6 Å². The average molecular weight is 545 g/mol. The van der Waals surface area contributed by atoms with Crippen LogP contribution in [0.3, 0.4) is 0 Å². The summed E-state index contributed by atoms with van der Waals surface area (Å²) in [4.78, 5) is 25.5. The molecule has 0 bridgehead atoms. The molecule has 1 aliphatic rings. The maximum atomic E-state index is 13.5. The number of piperidine rings is 1. The highest BCUT2D eigenvalue weighted by Crippen LogP contribution is 2.24. The molecular formula is C28H32F4N6O. The maximum Gasteiger partial charge on any atom is 0.389 e. The first-order valence-electron chi connectivity index (χ1n) is 12.9. The van der Waals surface area contributed by atoms with Gasteiger partial charge in [-0.1, -0.05) is 0 Å². The number of carbonyl (C=O) groups excluding carboxylic acids is 1. The van der Waals surface area contributed by atoms with Crippen LogP contribution in [-0.2, 0) is 0 Å². The van der Waals surface area contributed by atoms with Crippen molar-refractivity contribution in [2.45, 2.75) is 44.8 Å². The lowest BCUT2D eigenvalue weighted by Gasteiger charge is -2.37. The third-order valence-corrected chi connectivity index (χ3v) is 6.76. The first kappa shape index (κ1) is 28.3. The standard InChI is InChI=1S/C28H32F4N6O/c1-19-17-22(10-11-24(19)29)34-25-12-14-33-27(36-25)35-21-8-6-20(7-9-21)26(39)37(2)23-5-3-15-38(18-23)16-4-13-28(30,31)32/h6-12,14,17,23H,3-5,13,15-16,18H2,1-2H3,(H2,33,34,35,36). The summed E-state index contributed by atoms with van der Waals surface area (Å²) in [5.41, 5.74) is 2.43. The lowest BCUT2D eigenvalue weighted by Crippen LogP contribution is -2.48. The number of halogens is 4. The zero-order chi connectivity index (χ0) is 28.0. The van der Waals surface area contributed by atoms with E-state index in [2.05, 4.69) is 20.6 Å². The van der Waals surface area contributed by atoms with E-state index in [1.54, 1.807) is 67.5 Å². The van der Waals surface area contributed by atoms with E-state index in [0.29, 0.717) is 47.4 Å². The fourth-order valence-electron chi connectivity index (χ4n) is 4.61. The van der Waals surface area contributed by atoms with Gasteiger partial charge in [0.25, 0.3) is 5.91 Å². The number of carbonyl (C=O) groups is 1. The van der Waals surface area contributed by atoms with Crippen molar-refractivity contribution in [3.05, 3.63) is 71.7 Å². The highest BCUT2D eigenvalue weighted by molar-refractivity contribution is 5.94. The van der Waals surface area contributed by atoms with Crippen molar-refractivity contribution in [1.29, 1.82) is 0 Å². The van der Waals surface area contributed by atoms with Crippen LogP contribution in [0, 0.1) is 12.7 Å². The van der Waals surface area contributed by atoms with Gasteiger partial charge >= 0.3 is 6.18 Å². The molecular weight excluding hydrogens is 512 g/mol. The summed E-state index contributed by atoms with van der Waals surface area (Å²) in [6.07, 6.45) is -1.61. The summed E-state index contributed by atoms with van der Waals surface area (Å²) in [6.45, 7) is 3.38. The molecule has 0 aliphatic carbocycles. The largest absolute Gasteiger partial charge is 0.389 e. The van der Waals surface area contributed by atoms with Gasteiger partial charge in [0, 0.05) is 49.2 Å². The second kappa shape index (κ2) is 12.4. The molecule has 0 spiro atoms. The fourth-order valence-corrected chi connectivity index (χ4v) is 4.61. The van der Waals surface area contributed by atoms with Crippen LogP contribution in [0.5, 0.6) is 0 Å². The molecule has 11 heteroatoms. The Morgan fingerprint density at radius 2 is 1.85 bits per heavy atom. The van der Waals surface area contributed by atoms with Crippen molar-refractivity contribution in [1.82, 2.24) is 19.8 Å². The van der Waals surface area contributed by atoms with E-state index in [1.165, 1.54) is 6.07 Å². The average Bonchev–Trinajstić information content (AvgIpc) is 2.90. The van der Waals surface area contributed by atoms with E-state index >= 15 is 0 Å². The molecule has 2 aromatic carbocycles. The van der Waals surface area contributed by atoms with Crippen molar-refractivity contribution in [2.24, 2.45) is 0 Å². The van der Waals surface area contributed by atoms with Crippen LogP contribution in [0.1, 0.15) is 41.6 Å². The van der Waals surface area contributed by atoms with Crippen molar-refractivity contribution < 1.29 is 22.4 Å². The number of anilines is 4. The molecule has 0 radical (unpaired) electrons. The van der Waals surface area contributed by atoms with Gasteiger partial charge in [0.1, 0.15) is 11.6 Å². The number of likely N-dealkylation sites (tertiary alicyclic amines) is 1. The predicted molar refractivity (Wildman–Crippen MR) is 143 cm³/mol. The SMILES string of the molecule is Cc1cc(Nc2ccnc(Nc3ccc(C(=O)N(C)C4CCCN(CCCC(F)(F)F)C4)cc3)n2)ccc1F. The van der Waals surface area contributed by atoms with Crippen molar-refractivity contribution in [3.63, 3.8) is 0 Å². The molecule has 0 saturated carbocycles. The summed E-state index contributed by atoms with van der Waals surface area (Å²) < 4.78 is 51.0. The van der Waals surface area contributed by atoms with Gasteiger partial charge in [-0.05, 0) is 93.4 Å². The van der Waals surface area contributed by atoms with Crippen LogP contribution in [-0.4, -0.2) is 64.6 Å².